The molecule has 1 unspecified atom stereocenters. The van der Waals surface area contributed by atoms with Crippen molar-refractivity contribution in [3.63, 3.8) is 0 Å². The number of hydrogen-bond acceptors (Lipinski definition) is 4. The third-order valence-corrected chi connectivity index (χ3v) is 5.10. The fourth-order valence-corrected chi connectivity index (χ4v) is 3.43. The highest BCUT2D eigenvalue weighted by atomic mass is 16.5. The summed E-state index contributed by atoms with van der Waals surface area (Å²) in [6.45, 7) is 2.32. The minimum Gasteiger partial charge on any atom is -0.375 e. The van der Waals surface area contributed by atoms with Gasteiger partial charge in [0.15, 0.2) is 0 Å². The molecule has 0 radical (unpaired) electrons. The van der Waals surface area contributed by atoms with Gasteiger partial charge in [-0.1, -0.05) is 0 Å². The Morgan fingerprint density at radius 2 is 1.95 bits per heavy atom. The summed E-state index contributed by atoms with van der Waals surface area (Å²) in [5, 5.41) is 3.01. The summed E-state index contributed by atoms with van der Waals surface area (Å²) in [5.41, 5.74) is -0.203. The first-order chi connectivity index (χ1) is 10.6. The third kappa shape index (κ3) is 3.60. The predicted octanol–water partition coefficient (Wildman–Crippen LogP) is 0.699. The Hall–Kier alpha value is -1.14. The SMILES string of the molecule is COCC(=O)N1CCC2(CCC(C(=O)NCC3CC3)O2)CC1. The van der Waals surface area contributed by atoms with Crippen LogP contribution in [0.25, 0.3) is 0 Å². The van der Waals surface area contributed by atoms with Gasteiger partial charge in [-0.25, -0.2) is 0 Å². The zero-order valence-corrected chi connectivity index (χ0v) is 13.3. The van der Waals surface area contributed by atoms with E-state index in [2.05, 4.69) is 5.32 Å². The average Bonchev–Trinajstić information content (AvgIpc) is 3.27. The highest BCUT2D eigenvalue weighted by Crippen LogP contribution is 2.39. The summed E-state index contributed by atoms with van der Waals surface area (Å²) in [6, 6.07) is 0. The fraction of sp³-hybridized carbons (Fsp3) is 0.875. The van der Waals surface area contributed by atoms with Crippen molar-refractivity contribution in [1.29, 1.82) is 0 Å². The molecular formula is C16H26N2O4. The normalized spacial score (nSPS) is 27.1. The summed E-state index contributed by atoms with van der Waals surface area (Å²) in [5.74, 6) is 0.769. The monoisotopic (exact) mass is 310 g/mol. The van der Waals surface area contributed by atoms with Crippen molar-refractivity contribution in [2.75, 3.05) is 33.4 Å². The number of rotatable bonds is 5. The van der Waals surface area contributed by atoms with Crippen LogP contribution in [-0.4, -0.2) is 61.8 Å². The molecule has 3 rings (SSSR count). The van der Waals surface area contributed by atoms with Crippen molar-refractivity contribution in [2.24, 2.45) is 5.92 Å². The number of methoxy groups -OCH3 is 1. The van der Waals surface area contributed by atoms with Crippen molar-refractivity contribution in [1.82, 2.24) is 10.2 Å². The van der Waals surface area contributed by atoms with Gasteiger partial charge in [0.25, 0.3) is 0 Å². The van der Waals surface area contributed by atoms with E-state index < -0.39 is 0 Å². The lowest BCUT2D eigenvalue weighted by atomic mass is 9.88. The number of nitrogens with one attached hydrogen (secondary N) is 1. The summed E-state index contributed by atoms with van der Waals surface area (Å²) in [6.07, 6.45) is 5.51. The van der Waals surface area contributed by atoms with E-state index in [9.17, 15) is 9.59 Å². The second-order valence-corrected chi connectivity index (χ2v) is 6.83. The maximum atomic E-state index is 12.1. The lowest BCUT2D eigenvalue weighted by Crippen LogP contribution is -2.48. The Labute approximate surface area is 131 Å². The molecule has 2 saturated heterocycles. The number of hydrogen-bond donors (Lipinski definition) is 1. The van der Waals surface area contributed by atoms with Gasteiger partial charge in [0.1, 0.15) is 12.7 Å². The van der Waals surface area contributed by atoms with E-state index in [-0.39, 0.29) is 30.1 Å². The Kier molecular flexibility index (Phi) is 4.68. The zero-order valence-electron chi connectivity index (χ0n) is 13.3. The zero-order chi connectivity index (χ0) is 15.6. The molecule has 0 bridgehead atoms. The van der Waals surface area contributed by atoms with E-state index in [4.69, 9.17) is 9.47 Å². The van der Waals surface area contributed by atoms with Crippen LogP contribution in [0.3, 0.4) is 0 Å². The largest absolute Gasteiger partial charge is 0.375 e. The molecule has 3 aliphatic rings. The number of ether oxygens (including phenoxy) is 2. The highest BCUT2D eigenvalue weighted by molar-refractivity contribution is 5.81. The van der Waals surface area contributed by atoms with E-state index in [0.29, 0.717) is 19.0 Å². The van der Waals surface area contributed by atoms with Gasteiger partial charge in [-0.15, -0.1) is 0 Å². The van der Waals surface area contributed by atoms with Crippen LogP contribution in [0.1, 0.15) is 38.5 Å². The van der Waals surface area contributed by atoms with Crippen molar-refractivity contribution in [2.45, 2.75) is 50.2 Å². The molecule has 0 aromatic rings. The van der Waals surface area contributed by atoms with E-state index in [0.717, 1.165) is 32.2 Å². The quantitative estimate of drug-likeness (QED) is 0.811. The van der Waals surface area contributed by atoms with Crippen LogP contribution in [0.5, 0.6) is 0 Å². The van der Waals surface area contributed by atoms with Crippen LogP contribution in [0.2, 0.25) is 0 Å². The van der Waals surface area contributed by atoms with Gasteiger partial charge < -0.3 is 19.7 Å². The molecule has 3 fully saturated rings. The van der Waals surface area contributed by atoms with Crippen molar-refractivity contribution in [3.8, 4) is 0 Å². The fourth-order valence-electron chi connectivity index (χ4n) is 3.43. The molecule has 0 aromatic carbocycles. The van der Waals surface area contributed by atoms with E-state index in [1.54, 1.807) is 0 Å². The van der Waals surface area contributed by atoms with Crippen molar-refractivity contribution in [3.05, 3.63) is 0 Å². The molecule has 2 amide bonds. The molecule has 22 heavy (non-hydrogen) atoms. The molecule has 1 saturated carbocycles. The second kappa shape index (κ2) is 6.54. The number of carbonyl (C=O) groups excluding carboxylic acids is 2. The molecule has 1 spiro atoms. The van der Waals surface area contributed by atoms with E-state index in [1.165, 1.54) is 20.0 Å². The Morgan fingerprint density at radius 3 is 2.59 bits per heavy atom. The molecule has 6 heteroatoms. The van der Waals surface area contributed by atoms with Crippen molar-refractivity contribution < 1.29 is 19.1 Å². The first kappa shape index (κ1) is 15.7. The van der Waals surface area contributed by atoms with Crippen LogP contribution in [0.15, 0.2) is 0 Å². The van der Waals surface area contributed by atoms with Crippen LogP contribution in [-0.2, 0) is 19.1 Å². The lowest BCUT2D eigenvalue weighted by molar-refractivity contribution is -0.147. The Balaban J connectivity index is 1.45. The smallest absolute Gasteiger partial charge is 0.249 e. The molecule has 124 valence electrons. The molecule has 2 heterocycles. The molecule has 6 nitrogen and oxygen atoms in total. The van der Waals surface area contributed by atoms with Gasteiger partial charge in [-0.05, 0) is 44.4 Å². The van der Waals surface area contributed by atoms with Crippen LogP contribution < -0.4 is 5.32 Å². The average molecular weight is 310 g/mol. The molecule has 2 aliphatic heterocycles. The van der Waals surface area contributed by atoms with Gasteiger partial charge in [0, 0.05) is 26.7 Å². The van der Waals surface area contributed by atoms with Gasteiger partial charge >= 0.3 is 0 Å². The van der Waals surface area contributed by atoms with Crippen LogP contribution >= 0.6 is 0 Å². The molecule has 0 aromatic heterocycles. The number of piperidine rings is 1. The van der Waals surface area contributed by atoms with Gasteiger partial charge in [-0.3, -0.25) is 9.59 Å². The van der Waals surface area contributed by atoms with Crippen LogP contribution in [0.4, 0.5) is 0 Å². The topological polar surface area (TPSA) is 67.9 Å². The molecule has 1 aliphatic carbocycles. The summed E-state index contributed by atoms with van der Waals surface area (Å²) in [7, 11) is 1.54. The second-order valence-electron chi connectivity index (χ2n) is 6.83. The van der Waals surface area contributed by atoms with Crippen LogP contribution in [0, 0.1) is 5.92 Å². The van der Waals surface area contributed by atoms with Gasteiger partial charge in [-0.2, -0.15) is 0 Å². The number of likely N-dealkylation sites (tertiary alicyclic amines) is 1. The minimum atomic E-state index is -0.306. The summed E-state index contributed by atoms with van der Waals surface area (Å²) in [4.78, 5) is 25.8. The van der Waals surface area contributed by atoms with Crippen molar-refractivity contribution >= 4 is 11.8 Å². The lowest BCUT2D eigenvalue weighted by Gasteiger charge is -2.39. The van der Waals surface area contributed by atoms with Gasteiger partial charge in [0.05, 0.1) is 5.60 Å². The first-order valence-corrected chi connectivity index (χ1v) is 8.34. The van der Waals surface area contributed by atoms with E-state index in [1.807, 2.05) is 4.90 Å². The number of nitrogens with zero attached hydrogens (tertiary/aromatic N) is 1. The van der Waals surface area contributed by atoms with E-state index >= 15 is 0 Å². The molecular weight excluding hydrogens is 284 g/mol. The molecule has 1 N–H and O–H groups in total. The summed E-state index contributed by atoms with van der Waals surface area (Å²) < 4.78 is 11.0. The number of carbonyl (C=O) groups is 2. The highest BCUT2D eigenvalue weighted by Gasteiger charge is 2.45. The predicted molar refractivity (Wildman–Crippen MR) is 80.3 cm³/mol. The maximum absolute atomic E-state index is 12.1. The standard InChI is InChI=1S/C16H26N2O4/c1-21-11-14(19)18-8-6-16(7-9-18)5-4-13(22-16)15(20)17-10-12-2-3-12/h12-13H,2-11H2,1H3,(H,17,20). The summed E-state index contributed by atoms with van der Waals surface area (Å²) >= 11 is 0. The first-order valence-electron chi connectivity index (χ1n) is 8.34. The maximum Gasteiger partial charge on any atom is 0.249 e. The third-order valence-electron chi connectivity index (χ3n) is 5.10. The number of amides is 2. The molecule has 1 atom stereocenters. The van der Waals surface area contributed by atoms with Gasteiger partial charge in [0.2, 0.25) is 11.8 Å². The Morgan fingerprint density at radius 1 is 1.23 bits per heavy atom. The minimum absolute atomic E-state index is 0.0362. The Bertz CT molecular complexity index is 428.